The van der Waals surface area contributed by atoms with E-state index in [0.717, 1.165) is 23.3 Å². The van der Waals surface area contributed by atoms with Crippen molar-refractivity contribution in [1.82, 2.24) is 0 Å². The predicted octanol–water partition coefficient (Wildman–Crippen LogP) is 2.76. The lowest BCUT2D eigenvalue weighted by Crippen LogP contribution is -2.31. The number of hydrogen-bond acceptors (Lipinski definition) is 3. The maximum atomic E-state index is 10.9. The SMILES string of the molecule is CCc1cc(C(N)C(C)(C)CC(=O)O)ccc1OC. The number of hydrogen-bond donors (Lipinski definition) is 2. The molecule has 1 rings (SSSR count). The number of carboxylic acids is 1. The first-order chi connectivity index (χ1) is 8.81. The number of benzene rings is 1. The molecule has 0 spiro atoms. The summed E-state index contributed by atoms with van der Waals surface area (Å²) in [5.74, 6) is 0.0131. The van der Waals surface area contributed by atoms with Gasteiger partial charge in [0, 0.05) is 6.04 Å². The highest BCUT2D eigenvalue weighted by Crippen LogP contribution is 2.36. The first-order valence-electron chi connectivity index (χ1n) is 6.46. The Hall–Kier alpha value is -1.55. The Kier molecular flexibility index (Phi) is 4.95. The van der Waals surface area contributed by atoms with Gasteiger partial charge in [-0.25, -0.2) is 0 Å². The van der Waals surface area contributed by atoms with Gasteiger partial charge in [0.05, 0.1) is 13.5 Å². The van der Waals surface area contributed by atoms with E-state index in [4.69, 9.17) is 15.6 Å². The number of ether oxygens (including phenoxy) is 1. The largest absolute Gasteiger partial charge is 0.496 e. The van der Waals surface area contributed by atoms with E-state index in [0.29, 0.717) is 0 Å². The molecule has 4 nitrogen and oxygen atoms in total. The van der Waals surface area contributed by atoms with Gasteiger partial charge in [0.2, 0.25) is 0 Å². The van der Waals surface area contributed by atoms with E-state index in [-0.39, 0.29) is 12.5 Å². The standard InChI is InChI=1S/C15H23NO3/c1-5-10-8-11(6-7-12(10)19-4)14(16)15(2,3)9-13(17)18/h6-8,14H,5,9,16H2,1-4H3,(H,17,18). The van der Waals surface area contributed by atoms with Gasteiger partial charge in [-0.05, 0) is 29.0 Å². The fourth-order valence-corrected chi connectivity index (χ4v) is 2.22. The van der Waals surface area contributed by atoms with Crippen LogP contribution in [-0.4, -0.2) is 18.2 Å². The third-order valence-electron chi connectivity index (χ3n) is 3.49. The third kappa shape index (κ3) is 3.70. The van der Waals surface area contributed by atoms with Crippen molar-refractivity contribution >= 4 is 5.97 Å². The minimum absolute atomic E-state index is 0.0433. The predicted molar refractivity (Wildman–Crippen MR) is 75.3 cm³/mol. The Morgan fingerprint density at radius 2 is 2.11 bits per heavy atom. The van der Waals surface area contributed by atoms with Gasteiger partial charge in [-0.15, -0.1) is 0 Å². The molecular formula is C15H23NO3. The molecule has 0 aliphatic heterocycles. The third-order valence-corrected chi connectivity index (χ3v) is 3.49. The van der Waals surface area contributed by atoms with Crippen molar-refractivity contribution in [3.63, 3.8) is 0 Å². The van der Waals surface area contributed by atoms with Crippen LogP contribution in [0, 0.1) is 5.41 Å². The Labute approximate surface area is 114 Å². The number of aliphatic carboxylic acids is 1. The summed E-state index contributed by atoms with van der Waals surface area (Å²) in [5, 5.41) is 8.95. The van der Waals surface area contributed by atoms with Gasteiger partial charge < -0.3 is 15.6 Å². The molecule has 19 heavy (non-hydrogen) atoms. The van der Waals surface area contributed by atoms with Crippen LogP contribution in [0.25, 0.3) is 0 Å². The van der Waals surface area contributed by atoms with Gasteiger partial charge in [-0.2, -0.15) is 0 Å². The zero-order chi connectivity index (χ0) is 14.6. The zero-order valence-corrected chi connectivity index (χ0v) is 12.1. The van der Waals surface area contributed by atoms with Crippen LogP contribution >= 0.6 is 0 Å². The Bertz CT molecular complexity index is 455. The smallest absolute Gasteiger partial charge is 0.303 e. The van der Waals surface area contributed by atoms with Crippen molar-refractivity contribution in [2.45, 2.75) is 39.7 Å². The van der Waals surface area contributed by atoms with E-state index in [1.165, 1.54) is 0 Å². The van der Waals surface area contributed by atoms with E-state index >= 15 is 0 Å². The van der Waals surface area contributed by atoms with Crippen LogP contribution in [0.1, 0.15) is 44.4 Å². The quantitative estimate of drug-likeness (QED) is 0.829. The molecule has 3 N–H and O–H groups in total. The van der Waals surface area contributed by atoms with Gasteiger partial charge in [0.25, 0.3) is 0 Å². The van der Waals surface area contributed by atoms with Crippen molar-refractivity contribution < 1.29 is 14.6 Å². The van der Waals surface area contributed by atoms with Crippen molar-refractivity contribution in [2.75, 3.05) is 7.11 Å². The molecule has 1 aromatic rings. The molecule has 0 amide bonds. The molecule has 0 aliphatic rings. The molecule has 0 saturated carbocycles. The van der Waals surface area contributed by atoms with Gasteiger partial charge >= 0.3 is 5.97 Å². The number of carbonyl (C=O) groups is 1. The highest BCUT2D eigenvalue weighted by Gasteiger charge is 2.30. The van der Waals surface area contributed by atoms with E-state index in [2.05, 4.69) is 6.92 Å². The number of methoxy groups -OCH3 is 1. The van der Waals surface area contributed by atoms with Crippen molar-refractivity contribution in [2.24, 2.45) is 11.1 Å². The maximum Gasteiger partial charge on any atom is 0.303 e. The molecule has 0 fully saturated rings. The summed E-state index contributed by atoms with van der Waals surface area (Å²) in [6, 6.07) is 5.49. The lowest BCUT2D eigenvalue weighted by molar-refractivity contribution is -0.139. The Morgan fingerprint density at radius 1 is 1.47 bits per heavy atom. The Balaban J connectivity index is 3.05. The van der Waals surface area contributed by atoms with Crippen LogP contribution in [0.2, 0.25) is 0 Å². The first kappa shape index (κ1) is 15.5. The highest BCUT2D eigenvalue weighted by molar-refractivity contribution is 5.67. The molecular weight excluding hydrogens is 242 g/mol. The zero-order valence-electron chi connectivity index (χ0n) is 12.1. The van der Waals surface area contributed by atoms with Crippen LogP contribution in [0.5, 0.6) is 5.75 Å². The molecule has 0 aliphatic carbocycles. The molecule has 1 atom stereocenters. The number of nitrogens with two attached hydrogens (primary N) is 1. The van der Waals surface area contributed by atoms with Gasteiger partial charge in [0.1, 0.15) is 5.75 Å². The summed E-state index contributed by atoms with van der Waals surface area (Å²) in [6.45, 7) is 5.80. The van der Waals surface area contributed by atoms with Gasteiger partial charge in [-0.3, -0.25) is 4.79 Å². The minimum atomic E-state index is -0.829. The van der Waals surface area contributed by atoms with Crippen LogP contribution in [-0.2, 0) is 11.2 Å². The fourth-order valence-electron chi connectivity index (χ4n) is 2.22. The molecule has 1 unspecified atom stereocenters. The summed E-state index contributed by atoms with van der Waals surface area (Å²) >= 11 is 0. The fraction of sp³-hybridized carbons (Fsp3) is 0.533. The number of rotatable bonds is 6. The van der Waals surface area contributed by atoms with Gasteiger partial charge in [0.15, 0.2) is 0 Å². The second-order valence-corrected chi connectivity index (χ2v) is 5.46. The van der Waals surface area contributed by atoms with Crippen molar-refractivity contribution in [1.29, 1.82) is 0 Å². The molecule has 4 heteroatoms. The maximum absolute atomic E-state index is 10.9. The average Bonchev–Trinajstić information content (AvgIpc) is 2.35. The molecule has 0 heterocycles. The van der Waals surface area contributed by atoms with Crippen LogP contribution in [0.4, 0.5) is 0 Å². The number of aryl methyl sites for hydroxylation is 1. The summed E-state index contributed by atoms with van der Waals surface area (Å²) in [4.78, 5) is 10.9. The number of carboxylic acid groups (broad SMARTS) is 1. The molecule has 0 bridgehead atoms. The monoisotopic (exact) mass is 265 g/mol. The average molecular weight is 265 g/mol. The second kappa shape index (κ2) is 6.06. The van der Waals surface area contributed by atoms with Crippen LogP contribution in [0.15, 0.2) is 18.2 Å². The van der Waals surface area contributed by atoms with Crippen LogP contribution < -0.4 is 10.5 Å². The molecule has 0 aromatic heterocycles. The first-order valence-corrected chi connectivity index (χ1v) is 6.46. The lowest BCUT2D eigenvalue weighted by atomic mass is 9.78. The van der Waals surface area contributed by atoms with E-state index in [9.17, 15) is 4.79 Å². The minimum Gasteiger partial charge on any atom is -0.496 e. The van der Waals surface area contributed by atoms with E-state index < -0.39 is 11.4 Å². The van der Waals surface area contributed by atoms with E-state index in [1.807, 2.05) is 32.0 Å². The molecule has 0 saturated heterocycles. The molecule has 0 radical (unpaired) electrons. The topological polar surface area (TPSA) is 72.6 Å². The lowest BCUT2D eigenvalue weighted by Gasteiger charge is -2.30. The van der Waals surface area contributed by atoms with Gasteiger partial charge in [-0.1, -0.05) is 32.9 Å². The van der Waals surface area contributed by atoms with Crippen molar-refractivity contribution in [3.05, 3.63) is 29.3 Å². The molecule has 1 aromatic carbocycles. The van der Waals surface area contributed by atoms with E-state index in [1.54, 1.807) is 7.11 Å². The normalized spacial score (nSPS) is 13.1. The summed E-state index contributed by atoms with van der Waals surface area (Å²) in [5.41, 5.74) is 7.77. The molecule has 106 valence electrons. The Morgan fingerprint density at radius 3 is 2.58 bits per heavy atom. The highest BCUT2D eigenvalue weighted by atomic mass is 16.5. The summed E-state index contributed by atoms with van der Waals surface area (Å²) in [7, 11) is 1.64. The second-order valence-electron chi connectivity index (χ2n) is 5.46. The van der Waals surface area contributed by atoms with Crippen molar-refractivity contribution in [3.8, 4) is 5.75 Å². The van der Waals surface area contributed by atoms with Crippen LogP contribution in [0.3, 0.4) is 0 Å². The summed E-state index contributed by atoms with van der Waals surface area (Å²) < 4.78 is 5.29. The summed E-state index contributed by atoms with van der Waals surface area (Å²) in [6.07, 6.45) is 0.894.